The van der Waals surface area contributed by atoms with E-state index in [1.807, 2.05) is 12.1 Å². The van der Waals surface area contributed by atoms with E-state index in [0.29, 0.717) is 17.5 Å². The van der Waals surface area contributed by atoms with Crippen molar-refractivity contribution in [3.05, 3.63) is 77.6 Å². The molecular formula is C24H29N5O7S. The average Bonchev–Trinajstić information content (AvgIpc) is 3.44. The summed E-state index contributed by atoms with van der Waals surface area (Å²) in [6, 6.07) is 10.7. The van der Waals surface area contributed by atoms with E-state index in [4.69, 9.17) is 0 Å². The summed E-state index contributed by atoms with van der Waals surface area (Å²) in [7, 11) is -2.65. The zero-order valence-electron chi connectivity index (χ0n) is 20.0. The SMILES string of the molecule is CN1C=CN(S(=O)(=O)N[C@H](C(=O)NO)[C@@H](Cc2cccc(O)c2)C(=O)N[C@H]2c3ccccc3C[C@H]2O)C1. The van der Waals surface area contributed by atoms with Crippen molar-refractivity contribution in [2.45, 2.75) is 31.0 Å². The second kappa shape index (κ2) is 10.8. The molecule has 1 aliphatic carbocycles. The molecule has 0 bridgehead atoms. The van der Waals surface area contributed by atoms with Gasteiger partial charge in [0.15, 0.2) is 0 Å². The number of fused-ring (bicyclic) bond motifs is 1. The lowest BCUT2D eigenvalue weighted by Gasteiger charge is -2.29. The number of amides is 2. The molecule has 1 aliphatic heterocycles. The van der Waals surface area contributed by atoms with Crippen LogP contribution in [0.5, 0.6) is 5.75 Å². The van der Waals surface area contributed by atoms with Gasteiger partial charge >= 0.3 is 10.2 Å². The van der Waals surface area contributed by atoms with Crippen molar-refractivity contribution in [2.24, 2.45) is 5.92 Å². The van der Waals surface area contributed by atoms with Crippen molar-refractivity contribution in [3.63, 3.8) is 0 Å². The Kier molecular flexibility index (Phi) is 7.68. The molecule has 198 valence electrons. The van der Waals surface area contributed by atoms with Crippen LogP contribution in [0.1, 0.15) is 22.7 Å². The predicted octanol–water partition coefficient (Wildman–Crippen LogP) is -0.290. The first-order valence-corrected chi connectivity index (χ1v) is 13.0. The van der Waals surface area contributed by atoms with Crippen LogP contribution < -0.4 is 15.5 Å². The van der Waals surface area contributed by atoms with Gasteiger partial charge in [-0.15, -0.1) is 0 Å². The third-order valence-corrected chi connectivity index (χ3v) is 7.84. The summed E-state index contributed by atoms with van der Waals surface area (Å²) in [4.78, 5) is 28.0. The fraction of sp³-hybridized carbons (Fsp3) is 0.333. The number of hydrogen-bond acceptors (Lipinski definition) is 8. The van der Waals surface area contributed by atoms with Gasteiger partial charge in [-0.3, -0.25) is 14.8 Å². The lowest BCUT2D eigenvalue weighted by molar-refractivity contribution is -0.137. The molecule has 0 aromatic heterocycles. The third kappa shape index (κ3) is 5.85. The molecule has 2 aliphatic rings. The van der Waals surface area contributed by atoms with E-state index in [2.05, 4.69) is 10.0 Å². The molecule has 0 radical (unpaired) electrons. The summed E-state index contributed by atoms with van der Waals surface area (Å²) in [6.45, 7) is -0.0166. The Morgan fingerprint density at radius 1 is 1.11 bits per heavy atom. The Hall–Kier alpha value is -3.65. The van der Waals surface area contributed by atoms with E-state index in [1.54, 1.807) is 36.2 Å². The number of nitrogens with one attached hydrogen (secondary N) is 3. The number of aliphatic hydroxyl groups excluding tert-OH is 1. The lowest BCUT2D eigenvalue weighted by Crippen LogP contribution is -2.57. The monoisotopic (exact) mass is 531 g/mol. The second-order valence-corrected chi connectivity index (χ2v) is 10.8. The molecule has 1 heterocycles. The molecule has 12 nitrogen and oxygen atoms in total. The Morgan fingerprint density at radius 2 is 1.86 bits per heavy atom. The van der Waals surface area contributed by atoms with Crippen molar-refractivity contribution in [1.29, 1.82) is 0 Å². The van der Waals surface area contributed by atoms with Crippen molar-refractivity contribution < 1.29 is 33.4 Å². The number of aliphatic hydroxyl groups is 1. The number of carbonyl (C=O) groups excluding carboxylic acids is 2. The fourth-order valence-corrected chi connectivity index (χ4v) is 5.86. The zero-order chi connectivity index (χ0) is 26.7. The van der Waals surface area contributed by atoms with Crippen LogP contribution in [0, 0.1) is 5.92 Å². The number of phenolic OH excluding ortho intramolecular Hbond substituents is 1. The number of carbonyl (C=O) groups is 2. The number of hydroxylamine groups is 1. The van der Waals surface area contributed by atoms with Crippen molar-refractivity contribution in [3.8, 4) is 5.75 Å². The minimum Gasteiger partial charge on any atom is -0.508 e. The summed E-state index contributed by atoms with van der Waals surface area (Å²) in [6.07, 6.45) is 2.05. The van der Waals surface area contributed by atoms with Gasteiger partial charge in [-0.1, -0.05) is 36.4 Å². The van der Waals surface area contributed by atoms with Gasteiger partial charge in [0.2, 0.25) is 5.91 Å². The number of aromatic hydroxyl groups is 1. The molecule has 2 aromatic rings. The van der Waals surface area contributed by atoms with E-state index in [-0.39, 0.29) is 18.8 Å². The molecule has 13 heteroatoms. The quantitative estimate of drug-likeness (QED) is 0.189. The van der Waals surface area contributed by atoms with Gasteiger partial charge in [0, 0.05) is 25.9 Å². The summed E-state index contributed by atoms with van der Waals surface area (Å²) in [5, 5.41) is 32.7. The molecule has 2 amide bonds. The maximum absolute atomic E-state index is 13.6. The summed E-state index contributed by atoms with van der Waals surface area (Å²) >= 11 is 0. The third-order valence-electron chi connectivity index (χ3n) is 6.43. The molecular weight excluding hydrogens is 502 g/mol. The zero-order valence-corrected chi connectivity index (χ0v) is 20.8. The van der Waals surface area contributed by atoms with Crippen LogP contribution in [0.4, 0.5) is 0 Å². The van der Waals surface area contributed by atoms with Crippen LogP contribution in [0.15, 0.2) is 60.9 Å². The molecule has 0 spiro atoms. The Balaban J connectivity index is 1.67. The van der Waals surface area contributed by atoms with Crippen LogP contribution >= 0.6 is 0 Å². The van der Waals surface area contributed by atoms with E-state index in [0.717, 1.165) is 9.87 Å². The highest BCUT2D eigenvalue weighted by Gasteiger charge is 2.41. The van der Waals surface area contributed by atoms with Crippen molar-refractivity contribution in [1.82, 2.24) is 24.7 Å². The highest BCUT2D eigenvalue weighted by molar-refractivity contribution is 7.87. The predicted molar refractivity (Wildman–Crippen MR) is 132 cm³/mol. The number of phenols is 1. The number of nitrogens with zero attached hydrogens (tertiary/aromatic N) is 2. The van der Waals surface area contributed by atoms with Crippen molar-refractivity contribution in [2.75, 3.05) is 13.7 Å². The Labute approximate surface area is 214 Å². The summed E-state index contributed by atoms with van der Waals surface area (Å²) in [5.74, 6) is -3.32. The smallest absolute Gasteiger partial charge is 0.303 e. The van der Waals surface area contributed by atoms with Crippen LogP contribution in [0.2, 0.25) is 0 Å². The van der Waals surface area contributed by atoms with Gasteiger partial charge in [-0.05, 0) is 35.2 Å². The summed E-state index contributed by atoms with van der Waals surface area (Å²) in [5.41, 5.74) is 3.47. The normalized spacial score (nSPS) is 20.4. The minimum atomic E-state index is -4.31. The molecule has 0 unspecified atom stereocenters. The van der Waals surface area contributed by atoms with Gasteiger partial charge in [-0.25, -0.2) is 9.79 Å². The maximum Gasteiger partial charge on any atom is 0.303 e. The molecule has 4 rings (SSSR count). The van der Waals surface area contributed by atoms with Crippen LogP contribution in [-0.4, -0.2) is 70.7 Å². The highest BCUT2D eigenvalue weighted by atomic mass is 32.2. The number of benzene rings is 2. The van der Waals surface area contributed by atoms with Gasteiger partial charge in [0.05, 0.1) is 18.1 Å². The first-order valence-electron chi connectivity index (χ1n) is 11.5. The fourth-order valence-electron chi connectivity index (χ4n) is 4.58. The Bertz CT molecular complexity index is 1300. The highest BCUT2D eigenvalue weighted by Crippen LogP contribution is 2.32. The largest absolute Gasteiger partial charge is 0.508 e. The second-order valence-electron chi connectivity index (χ2n) is 9.10. The number of rotatable bonds is 9. The van der Waals surface area contributed by atoms with Gasteiger partial charge < -0.3 is 20.4 Å². The van der Waals surface area contributed by atoms with Gasteiger partial charge in [0.25, 0.3) is 5.91 Å². The Morgan fingerprint density at radius 3 is 2.54 bits per heavy atom. The average molecular weight is 532 g/mol. The van der Waals surface area contributed by atoms with E-state index < -0.39 is 46.1 Å². The lowest BCUT2D eigenvalue weighted by atomic mass is 9.90. The minimum absolute atomic E-state index is 0.0166. The molecule has 0 fully saturated rings. The standard InChI is InChI=1S/C24H29N5O7S/c1-28-9-10-29(14-28)37(35,36)27-22(24(33)26-34)19(12-15-5-4-7-17(30)11-15)23(32)25-21-18-8-3-2-6-16(18)13-20(21)31/h2-11,19-22,27,30-31,34H,12-14H2,1H3,(H,25,32)(H,26,33)/t19-,20-,21+,22+/m1/s1. The molecule has 6 N–H and O–H groups in total. The molecule has 0 saturated heterocycles. The van der Waals surface area contributed by atoms with Crippen molar-refractivity contribution >= 4 is 22.0 Å². The molecule has 37 heavy (non-hydrogen) atoms. The van der Waals surface area contributed by atoms with Crippen LogP contribution in [0.3, 0.4) is 0 Å². The first-order chi connectivity index (χ1) is 17.6. The van der Waals surface area contributed by atoms with Gasteiger partial charge in [-0.2, -0.15) is 13.1 Å². The summed E-state index contributed by atoms with van der Waals surface area (Å²) < 4.78 is 29.3. The molecule has 4 atom stereocenters. The van der Waals surface area contributed by atoms with Crippen LogP contribution in [0.25, 0.3) is 0 Å². The van der Waals surface area contributed by atoms with E-state index >= 15 is 0 Å². The molecule has 2 aromatic carbocycles. The topological polar surface area (TPSA) is 172 Å². The van der Waals surface area contributed by atoms with E-state index in [9.17, 15) is 33.4 Å². The first kappa shape index (κ1) is 26.4. The van der Waals surface area contributed by atoms with Crippen LogP contribution in [-0.2, 0) is 32.6 Å². The van der Waals surface area contributed by atoms with Gasteiger partial charge in [0.1, 0.15) is 18.5 Å². The van der Waals surface area contributed by atoms with E-state index in [1.165, 1.54) is 30.0 Å². The maximum atomic E-state index is 13.6. The molecule has 0 saturated carbocycles. The number of hydrogen-bond donors (Lipinski definition) is 6.